The highest BCUT2D eigenvalue weighted by molar-refractivity contribution is 7.17. The maximum atomic E-state index is 12.5. The number of phenolic OH excluding ortho intramolecular Hbond substituents is 1. The molecule has 0 unspecified atom stereocenters. The number of ether oxygens (including phenoxy) is 2. The number of hydrogen-bond donors (Lipinski definition) is 2. The van der Waals surface area contributed by atoms with Crippen molar-refractivity contribution in [2.24, 2.45) is 0 Å². The van der Waals surface area contributed by atoms with Crippen LogP contribution in [0.2, 0.25) is 0 Å². The van der Waals surface area contributed by atoms with Gasteiger partial charge in [-0.15, -0.1) is 11.3 Å². The third-order valence-corrected chi connectivity index (χ3v) is 6.69. The minimum atomic E-state index is -0.807. The van der Waals surface area contributed by atoms with E-state index in [-0.39, 0.29) is 11.3 Å². The number of amides is 1. The predicted octanol–water partition coefficient (Wildman–Crippen LogP) is 4.46. The number of methoxy groups -OCH3 is 1. The summed E-state index contributed by atoms with van der Waals surface area (Å²) in [5.41, 5.74) is 1.31. The van der Waals surface area contributed by atoms with Crippen LogP contribution >= 0.6 is 11.3 Å². The maximum absolute atomic E-state index is 12.5. The van der Waals surface area contributed by atoms with Crippen LogP contribution in [-0.2, 0) is 27.1 Å². The van der Waals surface area contributed by atoms with Gasteiger partial charge in [-0.25, -0.2) is 9.59 Å². The van der Waals surface area contributed by atoms with Crippen molar-refractivity contribution in [2.45, 2.75) is 32.1 Å². The van der Waals surface area contributed by atoms with E-state index >= 15 is 0 Å². The number of esters is 2. The first-order valence-corrected chi connectivity index (χ1v) is 11.2. The van der Waals surface area contributed by atoms with E-state index in [1.165, 1.54) is 30.6 Å². The Hall–Kier alpha value is -3.39. The van der Waals surface area contributed by atoms with Gasteiger partial charge in [0.05, 0.1) is 12.7 Å². The predicted molar refractivity (Wildman–Crippen MR) is 121 cm³/mol. The van der Waals surface area contributed by atoms with Crippen molar-refractivity contribution in [3.63, 3.8) is 0 Å². The fourth-order valence-electron chi connectivity index (χ4n) is 3.91. The Morgan fingerprint density at radius 3 is 2.50 bits per heavy atom. The second kappa shape index (κ2) is 9.40. The number of hydrogen-bond acceptors (Lipinski definition) is 7. The van der Waals surface area contributed by atoms with Gasteiger partial charge in [-0.05, 0) is 54.2 Å². The first-order valence-electron chi connectivity index (χ1n) is 10.4. The van der Waals surface area contributed by atoms with Gasteiger partial charge in [0.15, 0.2) is 6.61 Å². The van der Waals surface area contributed by atoms with E-state index in [1.807, 2.05) is 24.3 Å². The fraction of sp³-hybridized carbons (Fsp3) is 0.292. The highest BCUT2D eigenvalue weighted by atomic mass is 32.1. The van der Waals surface area contributed by atoms with Crippen LogP contribution in [0.1, 0.15) is 50.4 Å². The Morgan fingerprint density at radius 2 is 1.75 bits per heavy atom. The van der Waals surface area contributed by atoms with E-state index in [0.29, 0.717) is 10.6 Å². The van der Waals surface area contributed by atoms with Crippen molar-refractivity contribution in [2.75, 3.05) is 19.0 Å². The largest absolute Gasteiger partial charge is 0.507 e. The number of aromatic hydroxyl groups is 1. The van der Waals surface area contributed by atoms with E-state index in [9.17, 15) is 19.5 Å². The Bertz CT molecular complexity index is 1200. The number of rotatable bonds is 5. The van der Waals surface area contributed by atoms with Crippen LogP contribution in [0.4, 0.5) is 5.00 Å². The summed E-state index contributed by atoms with van der Waals surface area (Å²) >= 11 is 1.37. The topological polar surface area (TPSA) is 102 Å². The van der Waals surface area contributed by atoms with Crippen molar-refractivity contribution >= 4 is 45.0 Å². The number of carbonyl (C=O) groups excluding carboxylic acids is 3. The van der Waals surface area contributed by atoms with Gasteiger partial charge in [-0.3, -0.25) is 4.79 Å². The average Bonchev–Trinajstić information content (AvgIpc) is 2.96. The van der Waals surface area contributed by atoms with Gasteiger partial charge in [0.25, 0.3) is 5.91 Å². The highest BCUT2D eigenvalue weighted by Crippen LogP contribution is 2.38. The molecule has 0 saturated heterocycles. The van der Waals surface area contributed by atoms with Gasteiger partial charge in [-0.1, -0.05) is 30.7 Å². The lowest BCUT2D eigenvalue weighted by molar-refractivity contribution is -0.119. The fourth-order valence-corrected chi connectivity index (χ4v) is 5.21. The van der Waals surface area contributed by atoms with Crippen molar-refractivity contribution in [3.05, 3.63) is 58.0 Å². The molecule has 0 spiro atoms. The Labute approximate surface area is 189 Å². The number of carbonyl (C=O) groups is 3. The minimum Gasteiger partial charge on any atom is -0.507 e. The number of fused-ring (bicyclic) bond motifs is 2. The molecule has 1 aliphatic carbocycles. The minimum absolute atomic E-state index is 0.0189. The number of thiophene rings is 1. The number of benzene rings is 2. The molecule has 32 heavy (non-hydrogen) atoms. The second-order valence-corrected chi connectivity index (χ2v) is 8.71. The van der Waals surface area contributed by atoms with Crippen molar-refractivity contribution < 1.29 is 29.0 Å². The van der Waals surface area contributed by atoms with Crippen LogP contribution in [0.5, 0.6) is 5.75 Å². The van der Waals surface area contributed by atoms with Gasteiger partial charge in [-0.2, -0.15) is 0 Å². The summed E-state index contributed by atoms with van der Waals surface area (Å²) in [7, 11) is 1.31. The van der Waals surface area contributed by atoms with Gasteiger partial charge < -0.3 is 19.9 Å². The lowest BCUT2D eigenvalue weighted by Crippen LogP contribution is -2.21. The van der Waals surface area contributed by atoms with Crippen LogP contribution in [0.3, 0.4) is 0 Å². The van der Waals surface area contributed by atoms with Gasteiger partial charge in [0.2, 0.25) is 0 Å². The van der Waals surface area contributed by atoms with Crippen molar-refractivity contribution in [3.8, 4) is 5.75 Å². The van der Waals surface area contributed by atoms with Crippen molar-refractivity contribution in [1.82, 2.24) is 0 Å². The zero-order valence-electron chi connectivity index (χ0n) is 17.6. The Morgan fingerprint density at radius 1 is 1.03 bits per heavy atom. The zero-order valence-corrected chi connectivity index (χ0v) is 18.4. The van der Waals surface area contributed by atoms with Crippen LogP contribution in [0.25, 0.3) is 10.8 Å². The van der Waals surface area contributed by atoms with Crippen LogP contribution in [0, 0.1) is 0 Å². The van der Waals surface area contributed by atoms with E-state index < -0.39 is 24.5 Å². The molecule has 1 amide bonds. The molecule has 166 valence electrons. The quantitative estimate of drug-likeness (QED) is 0.437. The molecule has 0 saturated carbocycles. The normalized spacial score (nSPS) is 13.2. The van der Waals surface area contributed by atoms with Crippen LogP contribution in [0.15, 0.2) is 36.4 Å². The highest BCUT2D eigenvalue weighted by Gasteiger charge is 2.26. The maximum Gasteiger partial charge on any atom is 0.342 e. The molecular formula is C24H23NO6S. The van der Waals surface area contributed by atoms with E-state index in [0.717, 1.165) is 53.3 Å². The summed E-state index contributed by atoms with van der Waals surface area (Å²) in [6.07, 6.45) is 4.74. The number of nitrogens with one attached hydrogen (secondary N) is 1. The average molecular weight is 454 g/mol. The van der Waals surface area contributed by atoms with E-state index in [2.05, 4.69) is 5.32 Å². The lowest BCUT2D eigenvalue weighted by atomic mass is 10.1. The molecule has 8 heteroatoms. The monoisotopic (exact) mass is 453 g/mol. The van der Waals surface area contributed by atoms with Gasteiger partial charge in [0, 0.05) is 4.88 Å². The number of aryl methyl sites for hydroxylation is 1. The molecule has 0 bridgehead atoms. The molecule has 1 aliphatic rings. The molecule has 0 fully saturated rings. The summed E-state index contributed by atoms with van der Waals surface area (Å²) in [5.74, 6) is -2.08. The number of anilines is 1. The summed E-state index contributed by atoms with van der Waals surface area (Å²) in [4.78, 5) is 38.4. The molecule has 0 radical (unpaired) electrons. The Balaban J connectivity index is 1.47. The third kappa shape index (κ3) is 4.45. The molecule has 4 rings (SSSR count). The summed E-state index contributed by atoms with van der Waals surface area (Å²) in [5, 5.41) is 14.8. The Kier molecular flexibility index (Phi) is 6.41. The molecule has 1 aromatic heterocycles. The molecule has 0 aliphatic heterocycles. The molecule has 3 aromatic rings. The molecule has 1 heterocycles. The first-order chi connectivity index (χ1) is 15.5. The van der Waals surface area contributed by atoms with Gasteiger partial charge >= 0.3 is 11.9 Å². The molecule has 0 atom stereocenters. The first kappa shape index (κ1) is 21.8. The van der Waals surface area contributed by atoms with Crippen LogP contribution in [-0.4, -0.2) is 36.7 Å². The third-order valence-electron chi connectivity index (χ3n) is 5.48. The molecule has 7 nitrogen and oxygen atoms in total. The lowest BCUT2D eigenvalue weighted by Gasteiger charge is -2.09. The SMILES string of the molecule is COC(=O)c1c(NC(=O)COC(=O)c2cc3ccccc3cc2O)sc2c1CCCCC2. The zero-order chi connectivity index (χ0) is 22.7. The molecular weight excluding hydrogens is 430 g/mol. The van der Waals surface area contributed by atoms with E-state index in [1.54, 1.807) is 0 Å². The summed E-state index contributed by atoms with van der Waals surface area (Å²) in [6, 6.07) is 10.3. The molecule has 2 aromatic carbocycles. The van der Waals surface area contributed by atoms with Crippen LogP contribution < -0.4 is 5.32 Å². The van der Waals surface area contributed by atoms with Gasteiger partial charge in [0.1, 0.15) is 16.3 Å². The standard InChI is InChI=1S/C24H23NO6S/c1-30-24(29)21-16-9-3-2-4-10-19(16)32-22(21)25-20(27)13-31-23(28)17-11-14-7-5-6-8-15(14)12-18(17)26/h5-8,11-12,26H,2-4,9-10,13H2,1H3,(H,25,27). The summed E-state index contributed by atoms with van der Waals surface area (Å²) < 4.78 is 10.0. The summed E-state index contributed by atoms with van der Waals surface area (Å²) in [6.45, 7) is -0.547. The van der Waals surface area contributed by atoms with Crippen molar-refractivity contribution in [1.29, 1.82) is 0 Å². The second-order valence-electron chi connectivity index (χ2n) is 7.60. The molecule has 2 N–H and O–H groups in total. The number of phenols is 1. The smallest absolute Gasteiger partial charge is 0.342 e. The van der Waals surface area contributed by atoms with E-state index in [4.69, 9.17) is 9.47 Å².